The number of nitro benzene ring substituents is 1. The van der Waals surface area contributed by atoms with E-state index in [4.69, 9.17) is 25.8 Å². The van der Waals surface area contributed by atoms with Crippen LogP contribution in [-0.4, -0.2) is 31.7 Å². The van der Waals surface area contributed by atoms with E-state index in [1.54, 1.807) is 18.2 Å². The van der Waals surface area contributed by atoms with Crippen molar-refractivity contribution in [1.29, 1.82) is 0 Å². The molecule has 0 aliphatic carbocycles. The predicted molar refractivity (Wildman–Crippen MR) is 91.8 cm³/mol. The zero-order chi connectivity index (χ0) is 18.4. The number of amides is 1. The van der Waals surface area contributed by atoms with Gasteiger partial charge in [0.25, 0.3) is 11.6 Å². The molecule has 0 saturated heterocycles. The highest BCUT2D eigenvalue weighted by molar-refractivity contribution is 6.32. The van der Waals surface area contributed by atoms with Crippen LogP contribution < -0.4 is 19.5 Å². The van der Waals surface area contributed by atoms with Crippen LogP contribution >= 0.6 is 11.6 Å². The van der Waals surface area contributed by atoms with E-state index >= 15 is 0 Å². The van der Waals surface area contributed by atoms with Crippen molar-refractivity contribution in [3.8, 4) is 17.2 Å². The fraction of sp³-hybridized carbons (Fsp3) is 0.188. The third kappa shape index (κ3) is 4.74. The van der Waals surface area contributed by atoms with Gasteiger partial charge in [0, 0.05) is 18.2 Å². The van der Waals surface area contributed by atoms with Crippen molar-refractivity contribution in [2.24, 2.45) is 0 Å². The number of rotatable bonds is 7. The number of hydrogen-bond acceptors (Lipinski definition) is 6. The van der Waals surface area contributed by atoms with Crippen LogP contribution in [0.25, 0.3) is 0 Å². The summed E-state index contributed by atoms with van der Waals surface area (Å²) in [5.74, 6) is 0.742. The molecule has 2 rings (SSSR count). The summed E-state index contributed by atoms with van der Waals surface area (Å²) in [4.78, 5) is 22.1. The Labute approximate surface area is 148 Å². The highest BCUT2D eigenvalue weighted by Gasteiger charge is 2.13. The highest BCUT2D eigenvalue weighted by Crippen LogP contribution is 2.30. The summed E-state index contributed by atoms with van der Waals surface area (Å²) < 4.78 is 15.6. The molecule has 0 bridgehead atoms. The first-order chi connectivity index (χ1) is 11.9. The Morgan fingerprint density at radius 1 is 1.16 bits per heavy atom. The van der Waals surface area contributed by atoms with Gasteiger partial charge < -0.3 is 19.5 Å². The molecule has 0 atom stereocenters. The fourth-order valence-electron chi connectivity index (χ4n) is 1.95. The topological polar surface area (TPSA) is 99.9 Å². The molecule has 1 amide bonds. The smallest absolute Gasteiger partial charge is 0.271 e. The molecule has 0 heterocycles. The van der Waals surface area contributed by atoms with Crippen molar-refractivity contribution < 1.29 is 23.9 Å². The molecule has 0 aliphatic rings. The second-order valence-electron chi connectivity index (χ2n) is 4.77. The first-order valence-electron chi connectivity index (χ1n) is 7.03. The molecular weight excluding hydrogens is 352 g/mol. The molecule has 8 nitrogen and oxygen atoms in total. The van der Waals surface area contributed by atoms with E-state index in [2.05, 4.69) is 5.32 Å². The molecule has 132 valence electrons. The number of benzene rings is 2. The Hall–Kier alpha value is -3.00. The standard InChI is InChI=1S/C16H15ClN2O6/c1-23-11-4-5-13(15(8-11)24-2)18-16(20)9-25-14-6-3-10(19(21)22)7-12(14)17/h3-8H,9H2,1-2H3,(H,18,20). The molecule has 25 heavy (non-hydrogen) atoms. The molecule has 0 aliphatic heterocycles. The number of methoxy groups -OCH3 is 2. The van der Waals surface area contributed by atoms with Crippen molar-refractivity contribution in [2.75, 3.05) is 26.1 Å². The lowest BCUT2D eigenvalue weighted by molar-refractivity contribution is -0.384. The molecule has 0 fully saturated rings. The van der Waals surface area contributed by atoms with Gasteiger partial charge in [-0.25, -0.2) is 0 Å². The summed E-state index contributed by atoms with van der Waals surface area (Å²) in [6.07, 6.45) is 0. The van der Waals surface area contributed by atoms with Gasteiger partial charge in [-0.2, -0.15) is 0 Å². The minimum atomic E-state index is -0.571. The molecule has 0 aromatic heterocycles. The molecule has 0 unspecified atom stereocenters. The number of ether oxygens (including phenoxy) is 3. The summed E-state index contributed by atoms with van der Waals surface area (Å²) >= 11 is 5.90. The van der Waals surface area contributed by atoms with Gasteiger partial charge in [0.1, 0.15) is 17.2 Å². The van der Waals surface area contributed by atoms with Crippen molar-refractivity contribution in [1.82, 2.24) is 0 Å². The maximum Gasteiger partial charge on any atom is 0.271 e. The number of anilines is 1. The van der Waals surface area contributed by atoms with E-state index < -0.39 is 10.8 Å². The van der Waals surface area contributed by atoms with Gasteiger partial charge in [-0.05, 0) is 18.2 Å². The summed E-state index contributed by atoms with van der Waals surface area (Å²) in [7, 11) is 2.99. The normalized spacial score (nSPS) is 10.0. The van der Waals surface area contributed by atoms with Crippen molar-refractivity contribution in [3.63, 3.8) is 0 Å². The zero-order valence-electron chi connectivity index (χ0n) is 13.4. The second-order valence-corrected chi connectivity index (χ2v) is 5.18. The largest absolute Gasteiger partial charge is 0.497 e. The third-order valence-electron chi connectivity index (χ3n) is 3.17. The number of carbonyl (C=O) groups is 1. The molecular formula is C16H15ClN2O6. The first kappa shape index (κ1) is 18.3. The maximum atomic E-state index is 12.0. The molecule has 1 N–H and O–H groups in total. The minimum absolute atomic E-state index is 0.0454. The Bertz CT molecular complexity index is 796. The summed E-state index contributed by atoms with van der Waals surface area (Å²) in [5, 5.41) is 13.3. The molecule has 2 aromatic rings. The van der Waals surface area contributed by atoms with Crippen LogP contribution in [0.1, 0.15) is 0 Å². The average molecular weight is 367 g/mol. The lowest BCUT2D eigenvalue weighted by Crippen LogP contribution is -2.20. The summed E-state index contributed by atoms with van der Waals surface area (Å²) in [6.45, 7) is -0.327. The van der Waals surface area contributed by atoms with Crippen LogP contribution in [0.3, 0.4) is 0 Å². The number of nitrogens with zero attached hydrogens (tertiary/aromatic N) is 1. The van der Waals surface area contributed by atoms with E-state index in [-0.39, 0.29) is 23.1 Å². The number of carbonyl (C=O) groups excluding carboxylic acids is 1. The SMILES string of the molecule is COc1ccc(NC(=O)COc2ccc([N+](=O)[O-])cc2Cl)c(OC)c1. The second kappa shape index (κ2) is 8.20. The average Bonchev–Trinajstić information content (AvgIpc) is 2.60. The zero-order valence-corrected chi connectivity index (χ0v) is 14.2. The van der Waals surface area contributed by atoms with Gasteiger partial charge in [0.15, 0.2) is 6.61 Å². The monoisotopic (exact) mass is 366 g/mol. The first-order valence-corrected chi connectivity index (χ1v) is 7.41. The van der Waals surface area contributed by atoms with E-state index in [0.717, 1.165) is 6.07 Å². The Kier molecular flexibility index (Phi) is 6.02. The lowest BCUT2D eigenvalue weighted by atomic mass is 10.2. The van der Waals surface area contributed by atoms with Crippen molar-refractivity contribution in [3.05, 3.63) is 51.5 Å². The van der Waals surface area contributed by atoms with Crippen LogP contribution in [0.4, 0.5) is 11.4 Å². The molecule has 0 radical (unpaired) electrons. The van der Waals surface area contributed by atoms with Gasteiger partial charge in [0.05, 0.1) is 29.9 Å². The van der Waals surface area contributed by atoms with Gasteiger partial charge in [-0.15, -0.1) is 0 Å². The third-order valence-corrected chi connectivity index (χ3v) is 3.46. The molecule has 9 heteroatoms. The van der Waals surface area contributed by atoms with Crippen LogP contribution in [0, 0.1) is 10.1 Å². The number of hydrogen-bond donors (Lipinski definition) is 1. The van der Waals surface area contributed by atoms with E-state index in [1.165, 1.54) is 26.4 Å². The van der Waals surface area contributed by atoms with Crippen molar-refractivity contribution in [2.45, 2.75) is 0 Å². The summed E-state index contributed by atoms with van der Waals surface area (Å²) in [5.41, 5.74) is 0.288. The van der Waals surface area contributed by atoms with Crippen LogP contribution in [-0.2, 0) is 4.79 Å². The Morgan fingerprint density at radius 2 is 1.92 bits per heavy atom. The predicted octanol–water partition coefficient (Wildman–Crippen LogP) is 3.28. The van der Waals surface area contributed by atoms with Gasteiger partial charge in [-0.3, -0.25) is 14.9 Å². The molecule has 0 saturated carbocycles. The Balaban J connectivity index is 2.00. The highest BCUT2D eigenvalue weighted by atomic mass is 35.5. The number of nitro groups is 1. The number of nitrogens with one attached hydrogen (secondary N) is 1. The van der Waals surface area contributed by atoms with Gasteiger partial charge >= 0.3 is 0 Å². The van der Waals surface area contributed by atoms with Gasteiger partial charge in [0.2, 0.25) is 0 Å². The lowest BCUT2D eigenvalue weighted by Gasteiger charge is -2.12. The molecule has 2 aromatic carbocycles. The van der Waals surface area contributed by atoms with Crippen LogP contribution in [0.5, 0.6) is 17.2 Å². The van der Waals surface area contributed by atoms with Crippen LogP contribution in [0.2, 0.25) is 5.02 Å². The maximum absolute atomic E-state index is 12.0. The number of halogens is 1. The van der Waals surface area contributed by atoms with Crippen molar-refractivity contribution >= 4 is 28.9 Å². The fourth-order valence-corrected chi connectivity index (χ4v) is 2.18. The molecule has 0 spiro atoms. The Morgan fingerprint density at radius 3 is 2.52 bits per heavy atom. The minimum Gasteiger partial charge on any atom is -0.497 e. The van der Waals surface area contributed by atoms with Crippen LogP contribution in [0.15, 0.2) is 36.4 Å². The summed E-state index contributed by atoms with van der Waals surface area (Å²) in [6, 6.07) is 8.67. The quantitative estimate of drug-likeness (QED) is 0.596. The van der Waals surface area contributed by atoms with E-state index in [9.17, 15) is 14.9 Å². The van der Waals surface area contributed by atoms with E-state index in [1.807, 2.05) is 0 Å². The number of non-ortho nitro benzene ring substituents is 1. The van der Waals surface area contributed by atoms with Gasteiger partial charge in [-0.1, -0.05) is 11.6 Å². The van der Waals surface area contributed by atoms with E-state index in [0.29, 0.717) is 17.2 Å².